The van der Waals surface area contributed by atoms with Crippen molar-refractivity contribution in [3.05, 3.63) is 84.7 Å². The van der Waals surface area contributed by atoms with Gasteiger partial charge in [-0.15, -0.1) is 5.10 Å². The number of hydrogen-bond acceptors (Lipinski definition) is 5. The number of carbonyl (C=O) groups is 1. The van der Waals surface area contributed by atoms with Crippen molar-refractivity contribution >= 4 is 17.4 Å². The average Bonchev–Trinajstić information content (AvgIpc) is 3.25. The van der Waals surface area contributed by atoms with E-state index in [2.05, 4.69) is 33.4 Å². The monoisotopic (exact) mass is 424 g/mol. The number of benzene rings is 2. The quantitative estimate of drug-likeness (QED) is 0.507. The van der Waals surface area contributed by atoms with Crippen molar-refractivity contribution in [2.75, 3.05) is 23.3 Å². The van der Waals surface area contributed by atoms with E-state index in [4.69, 9.17) is 5.10 Å². The van der Waals surface area contributed by atoms with E-state index >= 15 is 0 Å². The highest BCUT2D eigenvalue weighted by Gasteiger charge is 2.33. The van der Waals surface area contributed by atoms with Crippen LogP contribution in [0.4, 0.5) is 11.5 Å². The summed E-state index contributed by atoms with van der Waals surface area (Å²) in [5, 5.41) is 15.8. The van der Waals surface area contributed by atoms with Crippen LogP contribution in [0.3, 0.4) is 0 Å². The molecule has 1 N–H and O–H groups in total. The Bertz CT molecular complexity index is 1200. The number of nitrogens with one attached hydrogen (secondary N) is 1. The van der Waals surface area contributed by atoms with Crippen LogP contribution in [-0.2, 0) is 11.2 Å². The summed E-state index contributed by atoms with van der Waals surface area (Å²) in [4.78, 5) is 14.7. The summed E-state index contributed by atoms with van der Waals surface area (Å²) < 4.78 is 1.97. The lowest BCUT2D eigenvalue weighted by atomic mass is 9.99. The molecule has 2 aromatic carbocycles. The molecule has 160 valence electrons. The first-order valence-corrected chi connectivity index (χ1v) is 10.8. The predicted octanol–water partition coefficient (Wildman–Crippen LogP) is 3.97. The molecular formula is C25H24N6O. The zero-order chi connectivity index (χ0) is 21.9. The van der Waals surface area contributed by atoms with Gasteiger partial charge in [0.25, 0.3) is 0 Å². The molecule has 0 spiro atoms. The second kappa shape index (κ2) is 8.63. The first-order valence-electron chi connectivity index (χ1n) is 10.8. The number of amides is 1. The molecule has 7 heteroatoms. The molecule has 1 aliphatic heterocycles. The van der Waals surface area contributed by atoms with Crippen molar-refractivity contribution in [1.82, 2.24) is 20.0 Å². The molecule has 0 bridgehead atoms. The van der Waals surface area contributed by atoms with Gasteiger partial charge in [0.1, 0.15) is 0 Å². The topological polar surface area (TPSA) is 75.9 Å². The Balaban J connectivity index is 1.27. The minimum Gasteiger partial charge on any atom is -0.353 e. The zero-order valence-electron chi connectivity index (χ0n) is 17.8. The third kappa shape index (κ3) is 3.97. The van der Waals surface area contributed by atoms with Crippen molar-refractivity contribution in [3.8, 4) is 16.9 Å². The second-order valence-electron chi connectivity index (χ2n) is 7.87. The Morgan fingerprint density at radius 2 is 1.81 bits per heavy atom. The summed E-state index contributed by atoms with van der Waals surface area (Å²) >= 11 is 0. The van der Waals surface area contributed by atoms with Crippen molar-refractivity contribution < 1.29 is 4.79 Å². The van der Waals surface area contributed by atoms with Gasteiger partial charge in [0.15, 0.2) is 5.82 Å². The molecule has 1 saturated heterocycles. The van der Waals surface area contributed by atoms with Gasteiger partial charge in [-0.1, -0.05) is 37.3 Å². The molecule has 0 atom stereocenters. The Kier molecular flexibility index (Phi) is 5.37. The number of carbonyl (C=O) groups excluding carboxylic acids is 1. The Labute approximate surface area is 186 Å². The van der Waals surface area contributed by atoms with E-state index in [1.54, 1.807) is 6.20 Å². The van der Waals surface area contributed by atoms with Crippen LogP contribution >= 0.6 is 0 Å². The molecule has 0 radical (unpaired) electrons. The van der Waals surface area contributed by atoms with Crippen LogP contribution in [0.2, 0.25) is 0 Å². The molecule has 0 unspecified atom stereocenters. The lowest BCUT2D eigenvalue weighted by molar-refractivity contribution is -0.120. The standard InChI is InChI=1S/C25H24N6O/c1-2-20-15-23(31(29-20)22-7-4-3-5-8-22)18-10-12-21(13-11-18)27-25(32)19-16-30(17-19)24-9-6-14-26-28-24/h3-15,19H,2,16-17H2,1H3,(H,27,32). The number of aromatic nitrogens is 4. The van der Waals surface area contributed by atoms with Gasteiger partial charge in [-0.2, -0.15) is 10.2 Å². The van der Waals surface area contributed by atoms with E-state index in [9.17, 15) is 4.79 Å². The van der Waals surface area contributed by atoms with Crippen LogP contribution < -0.4 is 10.2 Å². The fourth-order valence-corrected chi connectivity index (χ4v) is 3.84. The van der Waals surface area contributed by atoms with Gasteiger partial charge in [-0.05, 0) is 48.9 Å². The lowest BCUT2D eigenvalue weighted by Crippen LogP contribution is -2.52. The number of aryl methyl sites for hydroxylation is 1. The molecule has 7 nitrogen and oxygen atoms in total. The van der Waals surface area contributed by atoms with Gasteiger partial charge in [0, 0.05) is 30.5 Å². The first kappa shape index (κ1) is 19.9. The third-order valence-electron chi connectivity index (χ3n) is 5.71. The van der Waals surface area contributed by atoms with Crippen molar-refractivity contribution in [1.29, 1.82) is 0 Å². The zero-order valence-corrected chi connectivity index (χ0v) is 17.8. The second-order valence-corrected chi connectivity index (χ2v) is 7.87. The third-order valence-corrected chi connectivity index (χ3v) is 5.71. The van der Waals surface area contributed by atoms with Crippen LogP contribution in [0, 0.1) is 5.92 Å². The molecule has 0 aliphatic carbocycles. The summed E-state index contributed by atoms with van der Waals surface area (Å²) in [7, 11) is 0. The normalized spacial score (nSPS) is 13.6. The van der Waals surface area contributed by atoms with Crippen molar-refractivity contribution in [3.63, 3.8) is 0 Å². The maximum Gasteiger partial charge on any atom is 0.231 e. The van der Waals surface area contributed by atoms with Gasteiger partial charge in [0.05, 0.1) is 23.0 Å². The number of rotatable bonds is 6. The number of nitrogens with zero attached hydrogens (tertiary/aromatic N) is 5. The molecule has 1 aliphatic rings. The van der Waals surface area contributed by atoms with E-state index < -0.39 is 0 Å². The number of anilines is 2. The van der Waals surface area contributed by atoms with Gasteiger partial charge >= 0.3 is 0 Å². The SMILES string of the molecule is CCc1cc(-c2ccc(NC(=O)C3CN(c4cccnn4)C3)cc2)n(-c2ccccc2)n1. The Hall–Kier alpha value is -4.00. The number of para-hydroxylation sites is 1. The summed E-state index contributed by atoms with van der Waals surface area (Å²) in [5.41, 5.74) is 4.94. The fraction of sp³-hybridized carbons (Fsp3) is 0.200. The van der Waals surface area contributed by atoms with Gasteiger partial charge < -0.3 is 10.2 Å². The molecule has 32 heavy (non-hydrogen) atoms. The van der Waals surface area contributed by atoms with Crippen molar-refractivity contribution in [2.24, 2.45) is 5.92 Å². The number of hydrogen-bond donors (Lipinski definition) is 1. The van der Waals surface area contributed by atoms with E-state index in [0.29, 0.717) is 13.1 Å². The van der Waals surface area contributed by atoms with Gasteiger partial charge in [-0.25, -0.2) is 4.68 Å². The van der Waals surface area contributed by atoms with Gasteiger partial charge in [-0.3, -0.25) is 4.79 Å². The van der Waals surface area contributed by atoms with Gasteiger partial charge in [0.2, 0.25) is 5.91 Å². The highest BCUT2D eigenvalue weighted by Crippen LogP contribution is 2.27. The molecule has 0 saturated carbocycles. The summed E-state index contributed by atoms with van der Waals surface area (Å²) in [6.07, 6.45) is 2.51. The first-order chi connectivity index (χ1) is 15.7. The van der Waals surface area contributed by atoms with Crippen LogP contribution in [0.1, 0.15) is 12.6 Å². The maximum absolute atomic E-state index is 12.6. The minimum absolute atomic E-state index is 0.0282. The largest absolute Gasteiger partial charge is 0.353 e. The van der Waals surface area contributed by atoms with Crippen LogP contribution in [0.5, 0.6) is 0 Å². The smallest absolute Gasteiger partial charge is 0.231 e. The highest BCUT2D eigenvalue weighted by atomic mass is 16.2. The van der Waals surface area contributed by atoms with Crippen LogP contribution in [0.25, 0.3) is 16.9 Å². The highest BCUT2D eigenvalue weighted by molar-refractivity contribution is 5.94. The average molecular weight is 425 g/mol. The predicted molar refractivity (Wildman–Crippen MR) is 125 cm³/mol. The maximum atomic E-state index is 12.6. The summed E-state index contributed by atoms with van der Waals surface area (Å²) in [6.45, 7) is 3.41. The molecule has 4 aromatic rings. The van der Waals surface area contributed by atoms with E-state index in [0.717, 1.165) is 40.6 Å². The Morgan fingerprint density at radius 3 is 2.50 bits per heavy atom. The molecule has 1 amide bonds. The lowest BCUT2D eigenvalue weighted by Gasteiger charge is -2.38. The fourth-order valence-electron chi connectivity index (χ4n) is 3.84. The van der Waals surface area contributed by atoms with Crippen molar-refractivity contribution in [2.45, 2.75) is 13.3 Å². The van der Waals surface area contributed by atoms with E-state index in [-0.39, 0.29) is 11.8 Å². The van der Waals surface area contributed by atoms with Crippen LogP contribution in [-0.4, -0.2) is 39.0 Å². The van der Waals surface area contributed by atoms with E-state index in [1.165, 1.54) is 0 Å². The molecule has 2 aromatic heterocycles. The minimum atomic E-state index is -0.0525. The molecule has 3 heterocycles. The Morgan fingerprint density at radius 1 is 1.03 bits per heavy atom. The molecule has 1 fully saturated rings. The van der Waals surface area contributed by atoms with E-state index in [1.807, 2.05) is 71.4 Å². The van der Waals surface area contributed by atoms with Crippen LogP contribution in [0.15, 0.2) is 79.0 Å². The molecule has 5 rings (SSSR count). The molecular weight excluding hydrogens is 400 g/mol. The summed E-state index contributed by atoms with van der Waals surface area (Å²) in [5.74, 6) is 0.783. The summed E-state index contributed by atoms with van der Waals surface area (Å²) in [6, 6.07) is 23.9.